The maximum Gasteiger partial charge on any atom is 0.261 e. The second-order valence-corrected chi connectivity index (χ2v) is 8.53. The van der Waals surface area contributed by atoms with E-state index in [9.17, 15) is 4.79 Å². The van der Waals surface area contributed by atoms with Crippen molar-refractivity contribution in [3.63, 3.8) is 0 Å². The van der Waals surface area contributed by atoms with Crippen molar-refractivity contribution in [3.8, 4) is 5.69 Å². The largest absolute Gasteiger partial charge is 0.351 e. The van der Waals surface area contributed by atoms with Crippen molar-refractivity contribution in [2.24, 2.45) is 0 Å². The average Bonchev–Trinajstić information content (AvgIpc) is 3.38. The Balaban J connectivity index is 1.51. The van der Waals surface area contributed by atoms with Gasteiger partial charge in [-0.15, -0.1) is 21.5 Å². The standard InChI is InChI=1S/C20H21ClN6OS/c1-12(2)26-11-23-24-18(26)7-8-22-19(28)17-10-16-13(3)25-27(20(16)29-17)15-6-4-5-14(21)9-15/h4-6,9-12H,7-8H2,1-3H3,(H,22,28). The van der Waals surface area contributed by atoms with Crippen LogP contribution in [0.15, 0.2) is 36.7 Å². The SMILES string of the molecule is Cc1nn(-c2cccc(Cl)c2)c2sc(C(=O)NCCc3nncn3C(C)C)cc12. The number of rotatable bonds is 6. The van der Waals surface area contributed by atoms with E-state index >= 15 is 0 Å². The topological polar surface area (TPSA) is 77.6 Å². The fraction of sp³-hybridized carbons (Fsp3) is 0.300. The Hall–Kier alpha value is -2.71. The number of hydrogen-bond acceptors (Lipinski definition) is 5. The Morgan fingerprint density at radius 3 is 2.90 bits per heavy atom. The second-order valence-electron chi connectivity index (χ2n) is 7.06. The van der Waals surface area contributed by atoms with E-state index < -0.39 is 0 Å². The molecule has 3 heterocycles. The van der Waals surface area contributed by atoms with Gasteiger partial charge < -0.3 is 9.88 Å². The fourth-order valence-corrected chi connectivity index (χ4v) is 4.48. The molecular weight excluding hydrogens is 408 g/mol. The van der Waals surface area contributed by atoms with E-state index in [-0.39, 0.29) is 11.9 Å². The summed E-state index contributed by atoms with van der Waals surface area (Å²) < 4.78 is 3.84. The molecule has 0 spiro atoms. The lowest BCUT2D eigenvalue weighted by molar-refractivity contribution is 0.0958. The summed E-state index contributed by atoms with van der Waals surface area (Å²) in [5, 5.41) is 17.3. The number of halogens is 1. The molecule has 0 unspecified atom stereocenters. The number of aromatic nitrogens is 5. The van der Waals surface area contributed by atoms with E-state index in [2.05, 4.69) is 34.5 Å². The van der Waals surface area contributed by atoms with Crippen molar-refractivity contribution in [1.82, 2.24) is 29.9 Å². The molecule has 1 aromatic carbocycles. The number of carbonyl (C=O) groups is 1. The summed E-state index contributed by atoms with van der Waals surface area (Å²) in [5.74, 6) is 0.767. The van der Waals surface area contributed by atoms with E-state index in [1.54, 1.807) is 6.33 Å². The molecule has 1 amide bonds. The molecule has 0 saturated carbocycles. The molecule has 4 aromatic rings. The number of hydrogen-bond donors (Lipinski definition) is 1. The summed E-state index contributed by atoms with van der Waals surface area (Å²) in [6.45, 7) is 6.59. The minimum absolute atomic E-state index is 0.0983. The van der Waals surface area contributed by atoms with Gasteiger partial charge in [0.15, 0.2) is 0 Å². The number of thiophene rings is 1. The Kier molecular flexibility index (Phi) is 5.38. The van der Waals surface area contributed by atoms with Crippen molar-refractivity contribution < 1.29 is 4.79 Å². The van der Waals surface area contributed by atoms with E-state index in [0.29, 0.717) is 22.9 Å². The zero-order valence-electron chi connectivity index (χ0n) is 16.4. The molecule has 150 valence electrons. The number of nitrogens with one attached hydrogen (secondary N) is 1. The Labute approximate surface area is 177 Å². The molecule has 7 nitrogen and oxygen atoms in total. The number of aryl methyl sites for hydroxylation is 1. The Morgan fingerprint density at radius 2 is 2.14 bits per heavy atom. The predicted molar refractivity (Wildman–Crippen MR) is 115 cm³/mol. The van der Waals surface area contributed by atoms with Crippen LogP contribution in [0.25, 0.3) is 15.9 Å². The van der Waals surface area contributed by atoms with Crippen LogP contribution in [0, 0.1) is 6.92 Å². The highest BCUT2D eigenvalue weighted by molar-refractivity contribution is 7.20. The molecule has 0 aliphatic heterocycles. The molecule has 0 atom stereocenters. The summed E-state index contributed by atoms with van der Waals surface area (Å²) in [5.41, 5.74) is 1.75. The first-order valence-electron chi connectivity index (χ1n) is 9.35. The first-order valence-corrected chi connectivity index (χ1v) is 10.5. The first kappa shape index (κ1) is 19.6. The molecule has 0 aliphatic carbocycles. The molecule has 29 heavy (non-hydrogen) atoms. The van der Waals surface area contributed by atoms with Crippen molar-refractivity contribution in [3.05, 3.63) is 58.1 Å². The van der Waals surface area contributed by atoms with Gasteiger partial charge in [-0.05, 0) is 45.0 Å². The van der Waals surface area contributed by atoms with E-state index in [1.165, 1.54) is 11.3 Å². The Morgan fingerprint density at radius 1 is 1.31 bits per heavy atom. The molecular formula is C20H21ClN6OS. The van der Waals surface area contributed by atoms with Crippen molar-refractivity contribution >= 4 is 39.1 Å². The molecule has 0 fully saturated rings. The van der Waals surface area contributed by atoms with Gasteiger partial charge in [0.25, 0.3) is 5.91 Å². The maximum atomic E-state index is 12.7. The van der Waals surface area contributed by atoms with Crippen LogP contribution in [0.3, 0.4) is 0 Å². The van der Waals surface area contributed by atoms with Gasteiger partial charge in [-0.25, -0.2) is 4.68 Å². The number of fused-ring (bicyclic) bond motifs is 1. The first-order chi connectivity index (χ1) is 13.9. The lowest BCUT2D eigenvalue weighted by Gasteiger charge is -2.10. The summed E-state index contributed by atoms with van der Waals surface area (Å²) in [6, 6.07) is 9.70. The van der Waals surface area contributed by atoms with E-state index in [4.69, 9.17) is 11.6 Å². The third-order valence-corrected chi connectivity index (χ3v) is 6.00. The third-order valence-electron chi connectivity index (χ3n) is 4.66. The number of benzene rings is 1. The predicted octanol–water partition coefficient (Wildman–Crippen LogP) is 4.19. The van der Waals surface area contributed by atoms with Gasteiger partial charge in [0.2, 0.25) is 0 Å². The fourth-order valence-electron chi connectivity index (χ4n) is 3.19. The highest BCUT2D eigenvalue weighted by atomic mass is 35.5. The van der Waals surface area contributed by atoms with Crippen LogP contribution in [0.4, 0.5) is 0 Å². The summed E-state index contributed by atoms with van der Waals surface area (Å²) >= 11 is 7.55. The van der Waals surface area contributed by atoms with Crippen molar-refractivity contribution in [1.29, 1.82) is 0 Å². The lowest BCUT2D eigenvalue weighted by Crippen LogP contribution is -2.26. The highest BCUT2D eigenvalue weighted by Gasteiger charge is 2.17. The molecule has 3 aromatic heterocycles. The van der Waals surface area contributed by atoms with Crippen LogP contribution < -0.4 is 5.32 Å². The molecule has 0 radical (unpaired) electrons. The van der Waals surface area contributed by atoms with Gasteiger partial charge in [-0.2, -0.15) is 5.10 Å². The minimum atomic E-state index is -0.0983. The number of amides is 1. The third kappa shape index (κ3) is 3.90. The van der Waals surface area contributed by atoms with Gasteiger partial charge in [-0.3, -0.25) is 4.79 Å². The van der Waals surface area contributed by atoms with Gasteiger partial charge in [0.1, 0.15) is 17.0 Å². The molecule has 1 N–H and O–H groups in total. The van der Waals surface area contributed by atoms with Gasteiger partial charge >= 0.3 is 0 Å². The molecule has 0 bridgehead atoms. The quantitative estimate of drug-likeness (QED) is 0.499. The molecule has 9 heteroatoms. The van der Waals surface area contributed by atoms with Crippen LogP contribution in [0.2, 0.25) is 5.02 Å². The van der Waals surface area contributed by atoms with Gasteiger partial charge in [-0.1, -0.05) is 17.7 Å². The van der Waals surface area contributed by atoms with Crippen LogP contribution in [-0.4, -0.2) is 37.0 Å². The molecule has 4 rings (SSSR count). The van der Waals surface area contributed by atoms with E-state index in [1.807, 2.05) is 46.5 Å². The average molecular weight is 429 g/mol. The zero-order chi connectivity index (χ0) is 20.5. The second kappa shape index (κ2) is 7.96. The van der Waals surface area contributed by atoms with Crippen LogP contribution in [0.5, 0.6) is 0 Å². The van der Waals surface area contributed by atoms with Gasteiger partial charge in [0, 0.05) is 29.4 Å². The lowest BCUT2D eigenvalue weighted by atomic mass is 10.3. The molecule has 0 aliphatic rings. The Bertz CT molecular complexity index is 1180. The van der Waals surface area contributed by atoms with Crippen LogP contribution in [-0.2, 0) is 6.42 Å². The summed E-state index contributed by atoms with van der Waals surface area (Å²) in [4.78, 5) is 14.3. The summed E-state index contributed by atoms with van der Waals surface area (Å²) in [7, 11) is 0. The van der Waals surface area contributed by atoms with Crippen LogP contribution >= 0.6 is 22.9 Å². The van der Waals surface area contributed by atoms with E-state index in [0.717, 1.165) is 27.4 Å². The smallest absolute Gasteiger partial charge is 0.261 e. The van der Waals surface area contributed by atoms with Crippen molar-refractivity contribution in [2.75, 3.05) is 6.54 Å². The number of carbonyl (C=O) groups excluding carboxylic acids is 1. The van der Waals surface area contributed by atoms with Crippen molar-refractivity contribution in [2.45, 2.75) is 33.2 Å². The normalized spacial score (nSPS) is 11.5. The number of nitrogens with zero attached hydrogens (tertiary/aromatic N) is 5. The van der Waals surface area contributed by atoms with Crippen LogP contribution in [0.1, 0.15) is 41.1 Å². The summed E-state index contributed by atoms with van der Waals surface area (Å²) in [6.07, 6.45) is 2.35. The molecule has 0 saturated heterocycles. The minimum Gasteiger partial charge on any atom is -0.351 e. The maximum absolute atomic E-state index is 12.7. The zero-order valence-corrected chi connectivity index (χ0v) is 18.0. The monoisotopic (exact) mass is 428 g/mol. The highest BCUT2D eigenvalue weighted by Crippen LogP contribution is 2.31. The van der Waals surface area contributed by atoms with Gasteiger partial charge in [0.05, 0.1) is 16.3 Å².